The Morgan fingerprint density at radius 1 is 1.38 bits per heavy atom. The molecule has 0 spiro atoms. The fourth-order valence-electron chi connectivity index (χ4n) is 1.39. The number of guanidine groups is 1. The molecular formula is C11H18N4O. The summed E-state index contributed by atoms with van der Waals surface area (Å²) < 4.78 is 5.63. The van der Waals surface area contributed by atoms with Gasteiger partial charge in [0.15, 0.2) is 0 Å². The highest BCUT2D eigenvalue weighted by Gasteiger charge is 2.01. The molecule has 1 aromatic carbocycles. The molecule has 1 rings (SSSR count). The molecule has 0 atom stereocenters. The molecule has 0 saturated carbocycles. The van der Waals surface area contributed by atoms with Crippen molar-refractivity contribution in [2.45, 2.75) is 13.8 Å². The largest absolute Gasteiger partial charge is 0.491 e. The Bertz CT molecular complexity index is 356. The summed E-state index contributed by atoms with van der Waals surface area (Å²) in [6.07, 6.45) is 0. The zero-order valence-electron chi connectivity index (χ0n) is 9.66. The Balaban J connectivity index is 2.49. The predicted molar refractivity (Wildman–Crippen MR) is 65.2 cm³/mol. The van der Waals surface area contributed by atoms with Gasteiger partial charge in [-0.3, -0.25) is 5.43 Å². The maximum absolute atomic E-state index is 5.63. The van der Waals surface area contributed by atoms with Crippen molar-refractivity contribution < 1.29 is 4.74 Å². The van der Waals surface area contributed by atoms with Crippen LogP contribution in [0.1, 0.15) is 11.1 Å². The van der Waals surface area contributed by atoms with Gasteiger partial charge in [0, 0.05) is 0 Å². The van der Waals surface area contributed by atoms with E-state index in [0.29, 0.717) is 13.2 Å². The second kappa shape index (κ2) is 5.97. The van der Waals surface area contributed by atoms with E-state index < -0.39 is 0 Å². The third kappa shape index (κ3) is 3.43. The first kappa shape index (κ1) is 12.3. The lowest BCUT2D eigenvalue weighted by atomic mass is 10.1. The predicted octanol–water partition coefficient (Wildman–Crippen LogP) is 0.460. The number of hydrogen-bond donors (Lipinski definition) is 3. The number of hydrazine groups is 1. The Labute approximate surface area is 95.5 Å². The van der Waals surface area contributed by atoms with Crippen LogP contribution in [-0.2, 0) is 0 Å². The third-order valence-electron chi connectivity index (χ3n) is 2.18. The van der Waals surface area contributed by atoms with Crippen LogP contribution in [0.25, 0.3) is 0 Å². The molecule has 0 aromatic heterocycles. The van der Waals surface area contributed by atoms with Gasteiger partial charge in [0.25, 0.3) is 0 Å². The van der Waals surface area contributed by atoms with Crippen molar-refractivity contribution in [3.63, 3.8) is 0 Å². The van der Waals surface area contributed by atoms with Gasteiger partial charge in [-0.25, -0.2) is 10.8 Å². The molecule has 1 aromatic rings. The van der Waals surface area contributed by atoms with Gasteiger partial charge in [-0.2, -0.15) is 0 Å². The van der Waals surface area contributed by atoms with E-state index in [2.05, 4.69) is 10.4 Å². The van der Waals surface area contributed by atoms with Crippen LogP contribution in [-0.4, -0.2) is 19.1 Å². The van der Waals surface area contributed by atoms with Crippen LogP contribution in [0.2, 0.25) is 0 Å². The summed E-state index contributed by atoms with van der Waals surface area (Å²) in [6, 6.07) is 6.04. The molecule has 0 bridgehead atoms. The molecule has 0 fully saturated rings. The molecule has 5 heteroatoms. The number of rotatable bonds is 4. The summed E-state index contributed by atoms with van der Waals surface area (Å²) in [7, 11) is 0. The summed E-state index contributed by atoms with van der Waals surface area (Å²) in [5.74, 6) is 6.19. The van der Waals surface area contributed by atoms with Gasteiger partial charge in [0.05, 0.1) is 6.54 Å². The Kier molecular flexibility index (Phi) is 4.60. The minimum Gasteiger partial charge on any atom is -0.491 e. The van der Waals surface area contributed by atoms with E-state index in [1.54, 1.807) is 0 Å². The molecule has 0 aliphatic rings. The molecule has 5 nitrogen and oxygen atoms in total. The van der Waals surface area contributed by atoms with E-state index >= 15 is 0 Å². The lowest BCUT2D eigenvalue weighted by molar-refractivity contribution is 0.324. The van der Waals surface area contributed by atoms with Crippen LogP contribution in [0.4, 0.5) is 0 Å². The van der Waals surface area contributed by atoms with E-state index in [4.69, 9.17) is 16.3 Å². The van der Waals surface area contributed by atoms with Crippen LogP contribution in [0, 0.1) is 13.8 Å². The van der Waals surface area contributed by atoms with Crippen LogP contribution < -0.4 is 21.7 Å². The van der Waals surface area contributed by atoms with Crippen LogP contribution >= 0.6 is 0 Å². The molecule has 0 amide bonds. The Morgan fingerprint density at radius 3 is 2.56 bits per heavy atom. The molecule has 0 unspecified atom stereocenters. The van der Waals surface area contributed by atoms with Crippen LogP contribution in [0.15, 0.2) is 23.2 Å². The standard InChI is InChI=1S/C11H18N4O/c1-8-4-3-5-9(2)10(8)16-7-6-14-11(12)15-13/h3-5H,6-7,13H2,1-2H3,(H3,12,14,15). The van der Waals surface area contributed by atoms with Crippen LogP contribution in [0.3, 0.4) is 0 Å². The summed E-state index contributed by atoms with van der Waals surface area (Å²) in [6.45, 7) is 4.99. The zero-order chi connectivity index (χ0) is 12.0. The monoisotopic (exact) mass is 222 g/mol. The summed E-state index contributed by atoms with van der Waals surface area (Å²) in [4.78, 5) is 3.95. The minimum absolute atomic E-state index is 0.213. The number of benzene rings is 1. The lowest BCUT2D eigenvalue weighted by Gasteiger charge is -2.10. The second-order valence-electron chi connectivity index (χ2n) is 3.48. The summed E-state index contributed by atoms with van der Waals surface area (Å²) >= 11 is 0. The van der Waals surface area contributed by atoms with Gasteiger partial charge < -0.3 is 10.5 Å². The first-order valence-corrected chi connectivity index (χ1v) is 5.10. The maximum Gasteiger partial charge on any atom is 0.203 e. The van der Waals surface area contributed by atoms with E-state index in [1.165, 1.54) is 0 Å². The molecule has 88 valence electrons. The first-order chi connectivity index (χ1) is 7.65. The number of aliphatic imine (C=N–C) groups is 1. The van der Waals surface area contributed by atoms with E-state index in [0.717, 1.165) is 16.9 Å². The van der Waals surface area contributed by atoms with E-state index in [9.17, 15) is 0 Å². The van der Waals surface area contributed by atoms with Gasteiger partial charge in [0.1, 0.15) is 12.4 Å². The maximum atomic E-state index is 5.63. The van der Waals surface area contributed by atoms with Crippen molar-refractivity contribution in [2.75, 3.05) is 13.2 Å². The normalized spacial score (nSPS) is 11.3. The number of nitrogens with one attached hydrogen (secondary N) is 1. The SMILES string of the molecule is Cc1cccc(C)c1OCCN=C(N)NN. The molecule has 16 heavy (non-hydrogen) atoms. The summed E-state index contributed by atoms with van der Waals surface area (Å²) in [5.41, 5.74) is 9.87. The van der Waals surface area contributed by atoms with Gasteiger partial charge in [-0.1, -0.05) is 18.2 Å². The Morgan fingerprint density at radius 2 is 2.00 bits per heavy atom. The van der Waals surface area contributed by atoms with Gasteiger partial charge in [-0.05, 0) is 25.0 Å². The fourth-order valence-corrected chi connectivity index (χ4v) is 1.39. The first-order valence-electron chi connectivity index (χ1n) is 5.10. The van der Waals surface area contributed by atoms with Crippen molar-refractivity contribution in [3.8, 4) is 5.75 Å². The molecule has 0 aliphatic heterocycles. The van der Waals surface area contributed by atoms with Gasteiger partial charge in [0.2, 0.25) is 5.96 Å². The minimum atomic E-state index is 0.213. The van der Waals surface area contributed by atoms with Crippen molar-refractivity contribution in [2.24, 2.45) is 16.6 Å². The Hall–Kier alpha value is -1.75. The molecule has 0 saturated heterocycles. The van der Waals surface area contributed by atoms with E-state index in [1.807, 2.05) is 32.0 Å². The third-order valence-corrected chi connectivity index (χ3v) is 2.18. The van der Waals surface area contributed by atoms with Crippen LogP contribution in [0.5, 0.6) is 5.75 Å². The van der Waals surface area contributed by atoms with Gasteiger partial charge in [-0.15, -0.1) is 0 Å². The number of ether oxygens (including phenoxy) is 1. The highest BCUT2D eigenvalue weighted by molar-refractivity contribution is 5.77. The van der Waals surface area contributed by atoms with Crippen molar-refractivity contribution in [1.82, 2.24) is 5.43 Å². The second-order valence-corrected chi connectivity index (χ2v) is 3.48. The molecular weight excluding hydrogens is 204 g/mol. The molecule has 0 heterocycles. The highest BCUT2D eigenvalue weighted by Crippen LogP contribution is 2.21. The van der Waals surface area contributed by atoms with Gasteiger partial charge >= 0.3 is 0 Å². The van der Waals surface area contributed by atoms with Crippen molar-refractivity contribution >= 4 is 5.96 Å². The molecule has 0 aliphatic carbocycles. The fraction of sp³-hybridized carbons (Fsp3) is 0.364. The highest BCUT2D eigenvalue weighted by atomic mass is 16.5. The molecule has 5 N–H and O–H groups in total. The number of nitrogens with zero attached hydrogens (tertiary/aromatic N) is 1. The average Bonchev–Trinajstić information content (AvgIpc) is 2.27. The lowest BCUT2D eigenvalue weighted by Crippen LogP contribution is -2.37. The zero-order valence-corrected chi connectivity index (χ0v) is 9.66. The van der Waals surface area contributed by atoms with Crippen molar-refractivity contribution in [1.29, 1.82) is 0 Å². The number of para-hydroxylation sites is 1. The number of hydrogen-bond acceptors (Lipinski definition) is 3. The molecule has 0 radical (unpaired) electrons. The average molecular weight is 222 g/mol. The smallest absolute Gasteiger partial charge is 0.203 e. The summed E-state index contributed by atoms with van der Waals surface area (Å²) in [5, 5.41) is 0. The number of nitrogens with two attached hydrogens (primary N) is 2. The quantitative estimate of drug-likeness (QED) is 0.227. The van der Waals surface area contributed by atoms with Crippen molar-refractivity contribution in [3.05, 3.63) is 29.3 Å². The van der Waals surface area contributed by atoms with E-state index in [-0.39, 0.29) is 5.96 Å². The topological polar surface area (TPSA) is 85.7 Å². The number of aryl methyl sites for hydroxylation is 2.